The van der Waals surface area contributed by atoms with Gasteiger partial charge in [0.2, 0.25) is 5.91 Å². The van der Waals surface area contributed by atoms with Crippen molar-refractivity contribution in [1.82, 2.24) is 9.47 Å². The van der Waals surface area contributed by atoms with Crippen LogP contribution in [-0.2, 0) is 17.5 Å². The van der Waals surface area contributed by atoms with Gasteiger partial charge in [0, 0.05) is 6.20 Å². The molecule has 1 heterocycles. The van der Waals surface area contributed by atoms with Crippen molar-refractivity contribution in [1.29, 1.82) is 0 Å². The number of carbonyl (C=O) groups excluding carboxylic acids is 1. The Balaban J connectivity index is 3.03. The van der Waals surface area contributed by atoms with Crippen molar-refractivity contribution >= 4 is 5.91 Å². The average molecular weight is 310 g/mol. The highest BCUT2D eigenvalue weighted by Gasteiger charge is 2.34. The van der Waals surface area contributed by atoms with E-state index < -0.39 is 29.8 Å². The fourth-order valence-electron chi connectivity index (χ4n) is 1.64. The van der Waals surface area contributed by atoms with E-state index >= 15 is 0 Å². The number of alkyl halides is 3. The highest BCUT2D eigenvalue weighted by Crippen LogP contribution is 2.25. The lowest BCUT2D eigenvalue weighted by Gasteiger charge is -2.18. The summed E-state index contributed by atoms with van der Waals surface area (Å²) in [4.78, 5) is 25.0. The van der Waals surface area contributed by atoms with Crippen LogP contribution >= 0.6 is 0 Å². The number of terminal acetylenes is 1. The number of rotatable bonds is 4. The van der Waals surface area contributed by atoms with Gasteiger partial charge in [0.25, 0.3) is 5.56 Å². The summed E-state index contributed by atoms with van der Waals surface area (Å²) in [5.41, 5.74) is -2.59. The van der Waals surface area contributed by atoms with Crippen molar-refractivity contribution in [2.24, 2.45) is 0 Å². The smallest absolute Gasteiger partial charge is 0.319 e. The highest BCUT2D eigenvalue weighted by molar-refractivity contribution is 5.76. The van der Waals surface area contributed by atoms with Crippen molar-refractivity contribution in [3.8, 4) is 24.2 Å². The Bertz CT molecular complexity index is 702. The van der Waals surface area contributed by atoms with Crippen LogP contribution < -0.4 is 5.56 Å². The molecule has 0 bridgehead atoms. The van der Waals surface area contributed by atoms with Gasteiger partial charge in [-0.25, -0.2) is 0 Å². The van der Waals surface area contributed by atoms with Gasteiger partial charge in [0.05, 0.1) is 13.1 Å². The third kappa shape index (κ3) is 4.42. The molecule has 0 radical (unpaired) electrons. The first-order chi connectivity index (χ1) is 10.3. The van der Waals surface area contributed by atoms with Gasteiger partial charge in [-0.15, -0.1) is 12.3 Å². The third-order valence-electron chi connectivity index (χ3n) is 2.71. The summed E-state index contributed by atoms with van der Waals surface area (Å²) in [7, 11) is 0. The summed E-state index contributed by atoms with van der Waals surface area (Å²) in [5.74, 6) is 6.91. The fraction of sp³-hybridized carbons (Fsp3) is 0.333. The van der Waals surface area contributed by atoms with Crippen LogP contribution in [0, 0.1) is 24.2 Å². The lowest BCUT2D eigenvalue weighted by atomic mass is 10.2. The molecule has 0 unspecified atom stereocenters. The van der Waals surface area contributed by atoms with Crippen molar-refractivity contribution < 1.29 is 18.0 Å². The van der Waals surface area contributed by atoms with Crippen LogP contribution in [0.5, 0.6) is 0 Å². The summed E-state index contributed by atoms with van der Waals surface area (Å²) in [6.45, 7) is 1.06. The minimum atomic E-state index is -4.77. The molecule has 22 heavy (non-hydrogen) atoms. The van der Waals surface area contributed by atoms with E-state index in [9.17, 15) is 22.8 Å². The third-order valence-corrected chi connectivity index (χ3v) is 2.71. The van der Waals surface area contributed by atoms with E-state index in [-0.39, 0.29) is 13.1 Å². The van der Waals surface area contributed by atoms with E-state index in [1.54, 1.807) is 6.92 Å². The highest BCUT2D eigenvalue weighted by atomic mass is 19.4. The Morgan fingerprint density at radius 2 is 2.09 bits per heavy atom. The second-order valence-electron chi connectivity index (χ2n) is 4.23. The Morgan fingerprint density at radius 3 is 2.64 bits per heavy atom. The van der Waals surface area contributed by atoms with Crippen LogP contribution in [0.25, 0.3) is 0 Å². The SMILES string of the molecule is C#CCN(CC#CC)C(=O)Cn1cccc(C(F)(F)F)c1=O. The zero-order valence-corrected chi connectivity index (χ0v) is 11.8. The number of nitrogens with zero attached hydrogens (tertiary/aromatic N) is 2. The van der Waals surface area contributed by atoms with Gasteiger partial charge in [-0.1, -0.05) is 11.8 Å². The molecule has 0 fully saturated rings. The van der Waals surface area contributed by atoms with Crippen LogP contribution in [0.3, 0.4) is 0 Å². The monoisotopic (exact) mass is 310 g/mol. The van der Waals surface area contributed by atoms with E-state index in [0.29, 0.717) is 10.6 Å². The van der Waals surface area contributed by atoms with Crippen molar-refractivity contribution in [3.05, 3.63) is 34.2 Å². The largest absolute Gasteiger partial charge is 0.421 e. The molecule has 116 valence electrons. The van der Waals surface area contributed by atoms with Gasteiger partial charge >= 0.3 is 6.18 Å². The molecule has 0 spiro atoms. The maximum atomic E-state index is 12.7. The topological polar surface area (TPSA) is 42.3 Å². The van der Waals surface area contributed by atoms with Gasteiger partial charge in [0.15, 0.2) is 0 Å². The lowest BCUT2D eigenvalue weighted by Crippen LogP contribution is -2.38. The Kier molecular flexibility index (Phi) is 5.82. The molecule has 0 aliphatic rings. The van der Waals surface area contributed by atoms with Crippen LogP contribution in [0.1, 0.15) is 12.5 Å². The molecule has 7 heteroatoms. The normalized spacial score (nSPS) is 10.3. The summed E-state index contributed by atoms with van der Waals surface area (Å²) in [6, 6.07) is 1.74. The molecule has 0 atom stereocenters. The Labute approximate surface area is 125 Å². The molecule has 1 amide bonds. The second kappa shape index (κ2) is 7.37. The summed E-state index contributed by atoms with van der Waals surface area (Å²) < 4.78 is 38.7. The van der Waals surface area contributed by atoms with Crippen molar-refractivity contribution in [2.75, 3.05) is 13.1 Å². The molecule has 0 aliphatic heterocycles. The summed E-state index contributed by atoms with van der Waals surface area (Å²) in [5, 5.41) is 0. The molecule has 0 saturated carbocycles. The minimum Gasteiger partial charge on any atom is -0.319 e. The zero-order chi connectivity index (χ0) is 16.8. The van der Waals surface area contributed by atoms with Crippen LogP contribution in [0.2, 0.25) is 0 Å². The molecule has 1 rings (SSSR count). The van der Waals surface area contributed by atoms with Crippen LogP contribution in [0.15, 0.2) is 23.1 Å². The zero-order valence-electron chi connectivity index (χ0n) is 11.8. The van der Waals surface area contributed by atoms with Crippen LogP contribution in [-0.4, -0.2) is 28.5 Å². The first kappa shape index (κ1) is 17.4. The lowest BCUT2D eigenvalue weighted by molar-refractivity contribution is -0.139. The molecule has 0 aliphatic carbocycles. The number of hydrogen-bond donors (Lipinski definition) is 0. The van der Waals surface area contributed by atoms with E-state index in [1.165, 1.54) is 4.90 Å². The van der Waals surface area contributed by atoms with E-state index in [1.807, 2.05) is 0 Å². The van der Waals surface area contributed by atoms with E-state index in [0.717, 1.165) is 12.3 Å². The fourth-order valence-corrected chi connectivity index (χ4v) is 1.64. The maximum absolute atomic E-state index is 12.7. The van der Waals surface area contributed by atoms with Gasteiger partial charge in [-0.2, -0.15) is 13.2 Å². The maximum Gasteiger partial charge on any atom is 0.421 e. The summed E-state index contributed by atoms with van der Waals surface area (Å²) in [6.07, 6.45) is 1.49. The number of carbonyl (C=O) groups is 1. The predicted molar refractivity (Wildman–Crippen MR) is 74.6 cm³/mol. The first-order valence-corrected chi connectivity index (χ1v) is 6.18. The molecule has 1 aromatic heterocycles. The number of pyridine rings is 1. The van der Waals surface area contributed by atoms with Crippen LogP contribution in [0.4, 0.5) is 13.2 Å². The number of aromatic nitrogens is 1. The molecule has 4 nitrogen and oxygen atoms in total. The predicted octanol–water partition coefficient (Wildman–Crippen LogP) is 1.35. The van der Waals surface area contributed by atoms with Gasteiger partial charge in [0.1, 0.15) is 12.1 Å². The van der Waals surface area contributed by atoms with Gasteiger partial charge < -0.3 is 9.47 Å². The molecule has 0 aromatic carbocycles. The molecule has 0 N–H and O–H groups in total. The van der Waals surface area contributed by atoms with Gasteiger partial charge in [-0.3, -0.25) is 9.59 Å². The average Bonchev–Trinajstić information content (AvgIpc) is 2.44. The van der Waals surface area contributed by atoms with Crippen molar-refractivity contribution in [3.63, 3.8) is 0 Å². The Hall–Kier alpha value is -2.67. The minimum absolute atomic E-state index is 0.0405. The first-order valence-electron chi connectivity index (χ1n) is 6.18. The molecule has 1 aromatic rings. The number of halogens is 3. The Morgan fingerprint density at radius 1 is 1.41 bits per heavy atom. The van der Waals surface area contributed by atoms with E-state index in [4.69, 9.17) is 6.42 Å². The van der Waals surface area contributed by atoms with Gasteiger partial charge in [-0.05, 0) is 19.1 Å². The quantitative estimate of drug-likeness (QED) is 0.788. The van der Waals surface area contributed by atoms with Crippen molar-refractivity contribution in [2.45, 2.75) is 19.6 Å². The second-order valence-corrected chi connectivity index (χ2v) is 4.23. The number of amides is 1. The molecule has 0 saturated heterocycles. The molecular formula is C15H13F3N2O2. The molecular weight excluding hydrogens is 297 g/mol. The standard InChI is InChI=1S/C15H13F3N2O2/c1-3-5-9-19(8-4-2)13(21)11-20-10-6-7-12(14(20)22)15(16,17)18/h2,6-7,10H,8-9,11H2,1H3. The summed E-state index contributed by atoms with van der Waals surface area (Å²) >= 11 is 0. The number of hydrogen-bond acceptors (Lipinski definition) is 2. The van der Waals surface area contributed by atoms with E-state index in [2.05, 4.69) is 17.8 Å².